The standard InChI is InChI=1S/C19H26BrN3O5/c1-17(2,3)28-16(26)23-18(4,5)27-11-19(23,6)15(25)22-21-14(24)12-7-9-13(20)10-8-12/h7-10H,11H2,1-6H3,(H,21,24)(H,22,25)/t19-/m1/s1. The maximum atomic E-state index is 12.9. The molecule has 0 radical (unpaired) electrons. The van der Waals surface area contributed by atoms with Crippen LogP contribution < -0.4 is 10.9 Å². The molecule has 1 heterocycles. The number of ether oxygens (including phenoxy) is 2. The summed E-state index contributed by atoms with van der Waals surface area (Å²) < 4.78 is 12.0. The summed E-state index contributed by atoms with van der Waals surface area (Å²) in [5.74, 6) is -1.07. The van der Waals surface area contributed by atoms with E-state index in [1.165, 1.54) is 4.90 Å². The molecule has 28 heavy (non-hydrogen) atoms. The van der Waals surface area contributed by atoms with Crippen LogP contribution in [0.25, 0.3) is 0 Å². The summed E-state index contributed by atoms with van der Waals surface area (Å²) in [6.45, 7) is 10.1. The van der Waals surface area contributed by atoms with E-state index < -0.39 is 34.8 Å². The lowest BCUT2D eigenvalue weighted by atomic mass is 10.0. The van der Waals surface area contributed by atoms with Crippen LogP contribution in [0.15, 0.2) is 28.7 Å². The van der Waals surface area contributed by atoms with Crippen molar-refractivity contribution in [3.8, 4) is 0 Å². The summed E-state index contributed by atoms with van der Waals surface area (Å²) in [7, 11) is 0. The first-order chi connectivity index (χ1) is 12.8. The second kappa shape index (κ2) is 7.71. The zero-order valence-electron chi connectivity index (χ0n) is 16.9. The van der Waals surface area contributed by atoms with Crippen molar-refractivity contribution in [2.45, 2.75) is 58.4 Å². The minimum atomic E-state index is -1.36. The van der Waals surface area contributed by atoms with Gasteiger partial charge in [0.2, 0.25) is 0 Å². The van der Waals surface area contributed by atoms with Gasteiger partial charge in [-0.05, 0) is 65.8 Å². The van der Waals surface area contributed by atoms with Crippen LogP contribution in [0.1, 0.15) is 51.9 Å². The first-order valence-corrected chi connectivity index (χ1v) is 9.59. The van der Waals surface area contributed by atoms with Gasteiger partial charge < -0.3 is 9.47 Å². The molecule has 1 aliphatic heterocycles. The highest BCUT2D eigenvalue weighted by Gasteiger charge is 2.57. The van der Waals surface area contributed by atoms with E-state index in [0.717, 1.165) is 4.47 Å². The summed E-state index contributed by atoms with van der Waals surface area (Å²) in [5, 5.41) is 0. The van der Waals surface area contributed by atoms with Crippen molar-refractivity contribution in [3.05, 3.63) is 34.3 Å². The molecule has 1 aliphatic rings. The van der Waals surface area contributed by atoms with Crippen molar-refractivity contribution in [1.82, 2.24) is 15.8 Å². The molecule has 154 valence electrons. The molecule has 0 aliphatic carbocycles. The Morgan fingerprint density at radius 3 is 2.21 bits per heavy atom. The zero-order valence-corrected chi connectivity index (χ0v) is 18.5. The molecule has 8 nitrogen and oxygen atoms in total. The summed E-state index contributed by atoms with van der Waals surface area (Å²) in [5.41, 5.74) is 1.98. The van der Waals surface area contributed by atoms with E-state index in [9.17, 15) is 14.4 Å². The zero-order chi connectivity index (χ0) is 21.3. The van der Waals surface area contributed by atoms with Gasteiger partial charge in [-0.3, -0.25) is 25.3 Å². The van der Waals surface area contributed by atoms with E-state index in [1.54, 1.807) is 65.8 Å². The molecule has 1 fully saturated rings. The number of carbonyl (C=O) groups excluding carboxylic acids is 3. The van der Waals surface area contributed by atoms with Crippen LogP contribution in [0.3, 0.4) is 0 Å². The third kappa shape index (κ3) is 4.82. The molecule has 1 aromatic rings. The van der Waals surface area contributed by atoms with Gasteiger partial charge in [-0.25, -0.2) is 4.79 Å². The van der Waals surface area contributed by atoms with Gasteiger partial charge >= 0.3 is 6.09 Å². The van der Waals surface area contributed by atoms with Crippen LogP contribution in [0.5, 0.6) is 0 Å². The van der Waals surface area contributed by atoms with Gasteiger partial charge in [0.05, 0.1) is 6.61 Å². The van der Waals surface area contributed by atoms with Gasteiger partial charge in [-0.1, -0.05) is 15.9 Å². The van der Waals surface area contributed by atoms with Crippen molar-refractivity contribution >= 4 is 33.8 Å². The number of nitrogens with one attached hydrogen (secondary N) is 2. The number of hydrogen-bond acceptors (Lipinski definition) is 5. The fourth-order valence-electron chi connectivity index (χ4n) is 2.86. The highest BCUT2D eigenvalue weighted by molar-refractivity contribution is 9.10. The van der Waals surface area contributed by atoms with Crippen LogP contribution in [0, 0.1) is 0 Å². The molecule has 0 bridgehead atoms. The van der Waals surface area contributed by atoms with E-state index in [-0.39, 0.29) is 6.61 Å². The van der Waals surface area contributed by atoms with Crippen molar-refractivity contribution in [2.24, 2.45) is 0 Å². The van der Waals surface area contributed by atoms with E-state index in [4.69, 9.17) is 9.47 Å². The van der Waals surface area contributed by atoms with Crippen LogP contribution in [0.4, 0.5) is 4.79 Å². The molecule has 1 saturated heterocycles. The van der Waals surface area contributed by atoms with Crippen LogP contribution in [0.2, 0.25) is 0 Å². The Hall–Kier alpha value is -2.13. The van der Waals surface area contributed by atoms with Crippen LogP contribution in [-0.2, 0) is 14.3 Å². The van der Waals surface area contributed by atoms with Gasteiger partial charge in [0, 0.05) is 10.0 Å². The lowest BCUT2D eigenvalue weighted by molar-refractivity contribution is -0.133. The number of hydrogen-bond donors (Lipinski definition) is 2. The Morgan fingerprint density at radius 1 is 1.11 bits per heavy atom. The number of rotatable bonds is 2. The Balaban J connectivity index is 2.13. The smallest absolute Gasteiger partial charge is 0.413 e. The lowest BCUT2D eigenvalue weighted by Crippen LogP contribution is -2.63. The maximum Gasteiger partial charge on any atom is 0.413 e. The molecule has 1 aromatic carbocycles. The third-order valence-electron chi connectivity index (χ3n) is 4.20. The highest BCUT2D eigenvalue weighted by Crippen LogP contribution is 2.36. The number of carbonyl (C=O) groups is 3. The monoisotopic (exact) mass is 455 g/mol. The number of halogens is 1. The van der Waals surface area contributed by atoms with E-state index in [1.807, 2.05) is 0 Å². The van der Waals surface area contributed by atoms with Gasteiger partial charge in [0.1, 0.15) is 16.9 Å². The van der Waals surface area contributed by atoms with Crippen molar-refractivity contribution in [2.75, 3.05) is 6.61 Å². The van der Waals surface area contributed by atoms with Crippen molar-refractivity contribution in [1.29, 1.82) is 0 Å². The normalized spacial score (nSPS) is 21.2. The van der Waals surface area contributed by atoms with E-state index >= 15 is 0 Å². The predicted molar refractivity (Wildman–Crippen MR) is 106 cm³/mol. The summed E-state index contributed by atoms with van der Waals surface area (Å²) >= 11 is 3.30. The number of nitrogens with zero attached hydrogens (tertiary/aromatic N) is 1. The molecule has 1 atom stereocenters. The number of hydrazine groups is 1. The van der Waals surface area contributed by atoms with Crippen molar-refractivity contribution < 1.29 is 23.9 Å². The lowest BCUT2D eigenvalue weighted by Gasteiger charge is -2.39. The predicted octanol–water partition coefficient (Wildman–Crippen LogP) is 2.97. The minimum absolute atomic E-state index is 0.0424. The average Bonchev–Trinajstić information content (AvgIpc) is 2.82. The SMILES string of the molecule is CC(C)(C)OC(=O)N1C(C)(C)OC[C@]1(C)C(=O)NNC(=O)c1ccc(Br)cc1. The van der Waals surface area contributed by atoms with E-state index in [0.29, 0.717) is 5.56 Å². The highest BCUT2D eigenvalue weighted by atomic mass is 79.9. The summed E-state index contributed by atoms with van der Waals surface area (Å²) in [6, 6.07) is 6.66. The molecule has 0 aromatic heterocycles. The molecule has 0 unspecified atom stereocenters. The van der Waals surface area contributed by atoms with Gasteiger partial charge in [-0.15, -0.1) is 0 Å². The van der Waals surface area contributed by atoms with E-state index in [2.05, 4.69) is 26.8 Å². The molecule has 2 rings (SSSR count). The maximum absolute atomic E-state index is 12.9. The quantitative estimate of drug-likeness (QED) is 0.668. The minimum Gasteiger partial charge on any atom is -0.444 e. The molecule has 0 spiro atoms. The van der Waals surface area contributed by atoms with Gasteiger partial charge in [-0.2, -0.15) is 0 Å². The fraction of sp³-hybridized carbons (Fsp3) is 0.526. The Kier molecular flexibility index (Phi) is 6.10. The van der Waals surface area contributed by atoms with Gasteiger partial charge in [0.25, 0.3) is 11.8 Å². The Labute approximate surface area is 173 Å². The summed E-state index contributed by atoms with van der Waals surface area (Å²) in [4.78, 5) is 39.1. The average molecular weight is 456 g/mol. The Bertz CT molecular complexity index is 773. The fourth-order valence-corrected chi connectivity index (χ4v) is 3.12. The summed E-state index contributed by atoms with van der Waals surface area (Å²) in [6.07, 6.45) is -0.674. The largest absolute Gasteiger partial charge is 0.444 e. The molecule has 9 heteroatoms. The second-order valence-electron chi connectivity index (χ2n) is 8.24. The molecule has 3 amide bonds. The molecule has 0 saturated carbocycles. The van der Waals surface area contributed by atoms with Crippen molar-refractivity contribution in [3.63, 3.8) is 0 Å². The Morgan fingerprint density at radius 2 is 1.68 bits per heavy atom. The molecular weight excluding hydrogens is 430 g/mol. The van der Waals surface area contributed by atoms with Crippen LogP contribution in [-0.4, -0.2) is 46.3 Å². The first kappa shape index (κ1) is 22.2. The van der Waals surface area contributed by atoms with Gasteiger partial charge in [0.15, 0.2) is 0 Å². The first-order valence-electron chi connectivity index (χ1n) is 8.80. The molecule has 2 N–H and O–H groups in total. The number of amides is 3. The molecular formula is C19H26BrN3O5. The van der Waals surface area contributed by atoms with Crippen LogP contribution >= 0.6 is 15.9 Å². The number of benzene rings is 1. The topological polar surface area (TPSA) is 97.0 Å². The second-order valence-corrected chi connectivity index (χ2v) is 9.16. The third-order valence-corrected chi connectivity index (χ3v) is 4.73.